The molecular weight excluding hydrogens is 315 g/mol. The molecule has 1 amide bonds. The number of carbonyl (C=O) groups is 1. The van der Waals surface area contributed by atoms with Crippen LogP contribution < -0.4 is 0 Å². The zero-order chi connectivity index (χ0) is 15.0. The van der Waals surface area contributed by atoms with Crippen LogP contribution in [0, 0.1) is 17.2 Å². The molecule has 1 atom stereocenters. The normalized spacial score (nSPS) is 18.1. The molecule has 0 radical (unpaired) electrons. The second-order valence-electron chi connectivity index (χ2n) is 4.78. The molecule has 21 heavy (non-hydrogen) atoms. The molecule has 0 saturated carbocycles. The predicted molar refractivity (Wildman–Crippen MR) is 75.6 cm³/mol. The summed E-state index contributed by atoms with van der Waals surface area (Å²) in [7, 11) is 0. The van der Waals surface area contributed by atoms with Gasteiger partial charge in [0.05, 0.1) is 18.3 Å². The van der Waals surface area contributed by atoms with Gasteiger partial charge in [-0.25, -0.2) is 9.97 Å². The summed E-state index contributed by atoms with van der Waals surface area (Å²) in [5, 5.41) is 9.04. The van der Waals surface area contributed by atoms with Crippen LogP contribution in [-0.2, 0) is 11.3 Å². The van der Waals surface area contributed by atoms with Gasteiger partial charge in [0.2, 0.25) is 11.2 Å². The van der Waals surface area contributed by atoms with Gasteiger partial charge in [-0.05, 0) is 18.0 Å². The fourth-order valence-electron chi connectivity index (χ4n) is 2.34. The van der Waals surface area contributed by atoms with E-state index in [9.17, 15) is 4.79 Å². The van der Waals surface area contributed by atoms with E-state index in [-0.39, 0.29) is 28.8 Å². The molecule has 0 spiro atoms. The minimum atomic E-state index is -0.0853. The third kappa shape index (κ3) is 2.64. The third-order valence-electron chi connectivity index (χ3n) is 3.42. The maximum atomic E-state index is 12.2. The number of amides is 1. The summed E-state index contributed by atoms with van der Waals surface area (Å²) >= 11 is 11.7. The third-order valence-corrected chi connectivity index (χ3v) is 3.86. The quantitative estimate of drug-likeness (QED) is 0.617. The second-order valence-corrected chi connectivity index (χ2v) is 5.48. The van der Waals surface area contributed by atoms with Gasteiger partial charge in [-0.1, -0.05) is 11.6 Å². The van der Waals surface area contributed by atoms with Crippen LogP contribution in [0.25, 0.3) is 11.2 Å². The number of nitriles is 1. The number of nitrogens with zero attached hydrogens (tertiary/aromatic N) is 6. The maximum absolute atomic E-state index is 12.2. The lowest BCUT2D eigenvalue weighted by molar-refractivity contribution is -0.130. The van der Waals surface area contributed by atoms with Gasteiger partial charge in [-0.15, -0.1) is 0 Å². The van der Waals surface area contributed by atoms with E-state index in [4.69, 9.17) is 28.5 Å². The Morgan fingerprint density at radius 1 is 1.48 bits per heavy atom. The van der Waals surface area contributed by atoms with Gasteiger partial charge >= 0.3 is 0 Å². The summed E-state index contributed by atoms with van der Waals surface area (Å²) in [4.78, 5) is 25.9. The molecule has 1 aliphatic heterocycles. The van der Waals surface area contributed by atoms with Crippen molar-refractivity contribution in [3.8, 4) is 6.07 Å². The standard InChI is InChI=1S/C12H10Cl2N6O/c13-10-9-11(18-12(14)17-10)20(6-16-9)5-8(21)19-2-1-7(3-15)4-19/h6-7H,1-2,4-5H2. The minimum absolute atomic E-state index is 0.00687. The monoisotopic (exact) mass is 324 g/mol. The number of hydrogen-bond donors (Lipinski definition) is 0. The molecule has 0 aliphatic carbocycles. The molecule has 3 rings (SSSR count). The number of imidazole rings is 1. The van der Waals surface area contributed by atoms with Crippen molar-refractivity contribution >= 4 is 40.3 Å². The average molecular weight is 325 g/mol. The molecule has 1 unspecified atom stereocenters. The second kappa shape index (κ2) is 5.47. The predicted octanol–water partition coefficient (Wildman–Crippen LogP) is 1.51. The fourth-order valence-corrected chi connectivity index (χ4v) is 2.76. The molecule has 1 saturated heterocycles. The molecule has 1 fully saturated rings. The molecule has 2 aromatic rings. The van der Waals surface area contributed by atoms with Crippen LogP contribution >= 0.6 is 23.2 Å². The summed E-state index contributed by atoms with van der Waals surface area (Å²) in [5.74, 6) is -0.169. The van der Waals surface area contributed by atoms with Gasteiger partial charge in [0, 0.05) is 13.1 Å². The van der Waals surface area contributed by atoms with E-state index in [0.717, 1.165) is 0 Å². The molecule has 108 valence electrons. The van der Waals surface area contributed by atoms with Crippen LogP contribution in [0.3, 0.4) is 0 Å². The molecule has 1 aliphatic rings. The molecule has 7 nitrogen and oxygen atoms in total. The Morgan fingerprint density at radius 3 is 3.00 bits per heavy atom. The first-order chi connectivity index (χ1) is 10.1. The van der Waals surface area contributed by atoms with Crippen LogP contribution in [0.2, 0.25) is 10.4 Å². The SMILES string of the molecule is N#CC1CCN(C(=O)Cn2cnc3c(Cl)nc(Cl)nc32)C1. The largest absolute Gasteiger partial charge is 0.340 e. The Bertz CT molecular complexity index is 752. The number of fused-ring (bicyclic) bond motifs is 1. The van der Waals surface area contributed by atoms with Crippen LogP contribution in [0.15, 0.2) is 6.33 Å². The summed E-state index contributed by atoms with van der Waals surface area (Å²) in [6, 6.07) is 2.18. The molecule has 3 heterocycles. The Kier molecular flexibility index (Phi) is 3.66. The molecule has 2 aromatic heterocycles. The molecular formula is C12H10Cl2N6O. The molecule has 0 N–H and O–H groups in total. The highest BCUT2D eigenvalue weighted by molar-refractivity contribution is 6.35. The first-order valence-corrected chi connectivity index (χ1v) is 7.05. The van der Waals surface area contributed by atoms with Gasteiger partial charge < -0.3 is 9.47 Å². The van der Waals surface area contributed by atoms with Crippen molar-refractivity contribution in [2.24, 2.45) is 5.92 Å². The Labute approximate surface area is 130 Å². The summed E-state index contributed by atoms with van der Waals surface area (Å²) in [6.07, 6.45) is 2.20. The molecule has 9 heteroatoms. The summed E-state index contributed by atoms with van der Waals surface area (Å²) in [5.41, 5.74) is 0.828. The van der Waals surface area contributed by atoms with Crippen molar-refractivity contribution < 1.29 is 4.79 Å². The smallest absolute Gasteiger partial charge is 0.242 e. The van der Waals surface area contributed by atoms with Crippen molar-refractivity contribution in [3.05, 3.63) is 16.8 Å². The van der Waals surface area contributed by atoms with E-state index in [1.807, 2.05) is 0 Å². The van der Waals surface area contributed by atoms with Gasteiger partial charge in [0.1, 0.15) is 12.1 Å². The highest BCUT2D eigenvalue weighted by atomic mass is 35.5. The van der Waals surface area contributed by atoms with E-state index in [2.05, 4.69) is 21.0 Å². The maximum Gasteiger partial charge on any atom is 0.242 e. The first-order valence-electron chi connectivity index (χ1n) is 6.29. The minimum Gasteiger partial charge on any atom is -0.340 e. The lowest BCUT2D eigenvalue weighted by atomic mass is 10.1. The van der Waals surface area contributed by atoms with E-state index in [1.54, 1.807) is 9.47 Å². The Balaban J connectivity index is 1.83. The summed E-state index contributed by atoms with van der Waals surface area (Å²) < 4.78 is 1.58. The summed E-state index contributed by atoms with van der Waals surface area (Å²) in [6.45, 7) is 1.15. The van der Waals surface area contributed by atoms with E-state index in [0.29, 0.717) is 30.7 Å². The van der Waals surface area contributed by atoms with Crippen LogP contribution in [0.4, 0.5) is 0 Å². The topological polar surface area (TPSA) is 87.7 Å². The van der Waals surface area contributed by atoms with Crippen molar-refractivity contribution in [2.45, 2.75) is 13.0 Å². The van der Waals surface area contributed by atoms with E-state index in [1.165, 1.54) is 6.33 Å². The number of halogens is 2. The van der Waals surface area contributed by atoms with Crippen molar-refractivity contribution in [1.82, 2.24) is 24.4 Å². The van der Waals surface area contributed by atoms with Gasteiger partial charge in [0.15, 0.2) is 10.8 Å². The van der Waals surface area contributed by atoms with Crippen LogP contribution in [0.5, 0.6) is 0 Å². The van der Waals surface area contributed by atoms with E-state index >= 15 is 0 Å². The van der Waals surface area contributed by atoms with Crippen LogP contribution in [-0.4, -0.2) is 43.4 Å². The van der Waals surface area contributed by atoms with Crippen molar-refractivity contribution in [2.75, 3.05) is 13.1 Å². The van der Waals surface area contributed by atoms with Crippen molar-refractivity contribution in [3.63, 3.8) is 0 Å². The molecule has 0 bridgehead atoms. The number of likely N-dealkylation sites (tertiary alicyclic amines) is 1. The lowest BCUT2D eigenvalue weighted by Crippen LogP contribution is -2.31. The van der Waals surface area contributed by atoms with Gasteiger partial charge in [0.25, 0.3) is 0 Å². The highest BCUT2D eigenvalue weighted by Gasteiger charge is 2.26. The lowest BCUT2D eigenvalue weighted by Gasteiger charge is -2.15. The number of rotatable bonds is 2. The number of aromatic nitrogens is 4. The first kappa shape index (κ1) is 14.0. The van der Waals surface area contributed by atoms with Gasteiger partial charge in [-0.2, -0.15) is 10.2 Å². The Morgan fingerprint density at radius 2 is 2.29 bits per heavy atom. The zero-order valence-electron chi connectivity index (χ0n) is 10.8. The fraction of sp³-hybridized carbons (Fsp3) is 0.417. The zero-order valence-corrected chi connectivity index (χ0v) is 12.3. The number of hydrogen-bond acceptors (Lipinski definition) is 5. The van der Waals surface area contributed by atoms with Gasteiger partial charge in [-0.3, -0.25) is 4.79 Å². The Hall–Kier alpha value is -1.91. The number of carbonyl (C=O) groups excluding carboxylic acids is 1. The van der Waals surface area contributed by atoms with E-state index < -0.39 is 0 Å². The van der Waals surface area contributed by atoms with Crippen molar-refractivity contribution in [1.29, 1.82) is 5.26 Å². The highest BCUT2D eigenvalue weighted by Crippen LogP contribution is 2.21. The molecule has 0 aromatic carbocycles. The van der Waals surface area contributed by atoms with Crippen LogP contribution in [0.1, 0.15) is 6.42 Å². The average Bonchev–Trinajstić information content (AvgIpc) is 3.06.